The van der Waals surface area contributed by atoms with Crippen LogP contribution in [0.3, 0.4) is 0 Å². The number of carbonyl (C=O) groups excluding carboxylic acids is 1. The van der Waals surface area contributed by atoms with E-state index in [2.05, 4.69) is 4.72 Å². The maximum atomic E-state index is 12.6. The van der Waals surface area contributed by atoms with Gasteiger partial charge in [-0.05, 0) is 63.0 Å². The summed E-state index contributed by atoms with van der Waals surface area (Å²) in [5.41, 5.74) is 0.426. The Kier molecular flexibility index (Phi) is 4.12. The summed E-state index contributed by atoms with van der Waals surface area (Å²) in [4.78, 5) is 11.6. The molecule has 1 aromatic rings. The highest BCUT2D eigenvalue weighted by Gasteiger charge is 2.42. The molecule has 5 heteroatoms. The quantitative estimate of drug-likeness (QED) is 0.848. The fourth-order valence-corrected chi connectivity index (χ4v) is 5.53. The van der Waals surface area contributed by atoms with Crippen molar-refractivity contribution in [1.82, 2.24) is 4.72 Å². The molecule has 2 saturated carbocycles. The fraction of sp³-hybridized carbons (Fsp3) is 0.588. The molecule has 0 unspecified atom stereocenters. The summed E-state index contributed by atoms with van der Waals surface area (Å²) < 4.78 is 27.9. The van der Waals surface area contributed by atoms with E-state index in [0.717, 1.165) is 12.3 Å². The van der Waals surface area contributed by atoms with Crippen molar-refractivity contribution in [1.29, 1.82) is 0 Å². The first-order valence-electron chi connectivity index (χ1n) is 8.00. The van der Waals surface area contributed by atoms with Gasteiger partial charge in [-0.1, -0.05) is 18.6 Å². The Morgan fingerprint density at radius 2 is 2.05 bits per heavy atom. The molecule has 4 atom stereocenters. The maximum absolute atomic E-state index is 12.6. The topological polar surface area (TPSA) is 63.2 Å². The molecule has 0 aromatic heterocycles. The number of carbonyl (C=O) groups is 1. The molecule has 2 bridgehead atoms. The summed E-state index contributed by atoms with van der Waals surface area (Å²) in [5.74, 6) is 1.79. The molecule has 0 saturated heterocycles. The third-order valence-corrected chi connectivity index (χ3v) is 6.88. The lowest BCUT2D eigenvalue weighted by molar-refractivity contribution is 0.101. The van der Waals surface area contributed by atoms with Crippen molar-refractivity contribution in [2.75, 3.05) is 0 Å². The van der Waals surface area contributed by atoms with Gasteiger partial charge >= 0.3 is 0 Å². The molecule has 120 valence electrons. The SMILES string of the molecule is CC(=O)c1cccc(S(=O)(=O)N[C@H](C)[C@H]2C[C@@H]3CC[C@@H]2C3)c1. The Bertz CT molecular complexity index is 683. The lowest BCUT2D eigenvalue weighted by atomic mass is 9.84. The first kappa shape index (κ1) is 15.7. The second-order valence-corrected chi connectivity index (χ2v) is 8.55. The van der Waals surface area contributed by atoms with Crippen molar-refractivity contribution in [2.45, 2.75) is 50.5 Å². The average molecular weight is 321 g/mol. The van der Waals surface area contributed by atoms with E-state index in [9.17, 15) is 13.2 Å². The first-order valence-corrected chi connectivity index (χ1v) is 9.48. The number of fused-ring (bicyclic) bond motifs is 2. The van der Waals surface area contributed by atoms with E-state index in [1.165, 1.54) is 32.3 Å². The van der Waals surface area contributed by atoms with E-state index in [-0.39, 0.29) is 16.7 Å². The van der Waals surface area contributed by atoms with Gasteiger partial charge < -0.3 is 0 Å². The summed E-state index contributed by atoms with van der Waals surface area (Å²) in [5, 5.41) is 0. The molecule has 0 aliphatic heterocycles. The van der Waals surface area contributed by atoms with Crippen LogP contribution in [-0.2, 0) is 10.0 Å². The number of benzene rings is 1. The minimum absolute atomic E-state index is 0.0544. The predicted molar refractivity (Wildman–Crippen MR) is 85.2 cm³/mol. The molecule has 1 N–H and O–H groups in total. The van der Waals surface area contributed by atoms with E-state index in [0.29, 0.717) is 17.4 Å². The lowest BCUT2D eigenvalue weighted by Crippen LogP contribution is -2.40. The van der Waals surface area contributed by atoms with Crippen molar-refractivity contribution in [3.05, 3.63) is 29.8 Å². The molecular weight excluding hydrogens is 298 g/mol. The van der Waals surface area contributed by atoms with Gasteiger partial charge in [0.25, 0.3) is 0 Å². The van der Waals surface area contributed by atoms with Crippen LogP contribution >= 0.6 is 0 Å². The van der Waals surface area contributed by atoms with Gasteiger partial charge in [-0.3, -0.25) is 4.79 Å². The minimum Gasteiger partial charge on any atom is -0.295 e. The van der Waals surface area contributed by atoms with Gasteiger partial charge in [-0.2, -0.15) is 0 Å². The number of hydrogen-bond acceptors (Lipinski definition) is 3. The van der Waals surface area contributed by atoms with Gasteiger partial charge in [0.1, 0.15) is 0 Å². The summed E-state index contributed by atoms with van der Waals surface area (Å²) in [6.45, 7) is 3.41. The molecule has 0 amide bonds. The number of Topliss-reactive ketones (excluding diaryl/α,β-unsaturated/α-hetero) is 1. The van der Waals surface area contributed by atoms with E-state index >= 15 is 0 Å². The molecule has 2 aliphatic rings. The van der Waals surface area contributed by atoms with Crippen LogP contribution in [0.25, 0.3) is 0 Å². The largest absolute Gasteiger partial charge is 0.295 e. The van der Waals surface area contributed by atoms with Gasteiger partial charge in [0.2, 0.25) is 10.0 Å². The van der Waals surface area contributed by atoms with Crippen molar-refractivity contribution < 1.29 is 13.2 Å². The monoisotopic (exact) mass is 321 g/mol. The third kappa shape index (κ3) is 2.97. The van der Waals surface area contributed by atoms with Crippen molar-refractivity contribution in [3.8, 4) is 0 Å². The molecule has 4 nitrogen and oxygen atoms in total. The Hall–Kier alpha value is -1.20. The van der Waals surface area contributed by atoms with Gasteiger partial charge in [0.15, 0.2) is 5.78 Å². The van der Waals surface area contributed by atoms with E-state index in [4.69, 9.17) is 0 Å². The fourth-order valence-electron chi connectivity index (χ4n) is 4.19. The number of sulfonamides is 1. The molecule has 0 radical (unpaired) electrons. The molecule has 2 fully saturated rings. The van der Waals surface area contributed by atoms with Gasteiger partial charge in [0.05, 0.1) is 4.90 Å². The smallest absolute Gasteiger partial charge is 0.240 e. The highest BCUT2D eigenvalue weighted by Crippen LogP contribution is 2.49. The highest BCUT2D eigenvalue weighted by atomic mass is 32.2. The van der Waals surface area contributed by atoms with Crippen LogP contribution in [0.4, 0.5) is 0 Å². The van der Waals surface area contributed by atoms with Crippen LogP contribution in [0.15, 0.2) is 29.2 Å². The van der Waals surface area contributed by atoms with Crippen LogP contribution < -0.4 is 4.72 Å². The highest BCUT2D eigenvalue weighted by molar-refractivity contribution is 7.89. The van der Waals surface area contributed by atoms with Crippen LogP contribution in [0, 0.1) is 17.8 Å². The summed E-state index contributed by atoms with van der Waals surface area (Å²) in [6, 6.07) is 6.20. The third-order valence-electron chi connectivity index (χ3n) is 5.33. The van der Waals surface area contributed by atoms with Crippen LogP contribution in [0.1, 0.15) is 49.9 Å². The van der Waals surface area contributed by atoms with Crippen LogP contribution in [0.2, 0.25) is 0 Å². The number of hydrogen-bond donors (Lipinski definition) is 1. The zero-order valence-corrected chi connectivity index (χ0v) is 13.9. The summed E-state index contributed by atoms with van der Waals surface area (Å²) in [7, 11) is -3.57. The summed E-state index contributed by atoms with van der Waals surface area (Å²) >= 11 is 0. The molecule has 0 spiro atoms. The Labute approximate surface area is 132 Å². The Balaban J connectivity index is 1.76. The number of rotatable bonds is 5. The summed E-state index contributed by atoms with van der Waals surface area (Å²) in [6.07, 6.45) is 4.95. The van der Waals surface area contributed by atoms with Crippen molar-refractivity contribution in [3.63, 3.8) is 0 Å². The average Bonchev–Trinajstić information content (AvgIpc) is 3.09. The number of ketones is 1. The maximum Gasteiger partial charge on any atom is 0.240 e. The van der Waals surface area contributed by atoms with Crippen molar-refractivity contribution in [2.24, 2.45) is 17.8 Å². The van der Waals surface area contributed by atoms with E-state index in [1.54, 1.807) is 18.2 Å². The molecule has 22 heavy (non-hydrogen) atoms. The van der Waals surface area contributed by atoms with Gasteiger partial charge in [0, 0.05) is 11.6 Å². The number of nitrogens with one attached hydrogen (secondary N) is 1. The Morgan fingerprint density at radius 1 is 1.27 bits per heavy atom. The van der Waals surface area contributed by atoms with Gasteiger partial charge in [-0.25, -0.2) is 13.1 Å². The standard InChI is InChI=1S/C17H23NO3S/c1-11(17-9-13-6-7-15(17)8-13)18-22(20,21)16-5-3-4-14(10-16)12(2)19/h3-5,10-11,13,15,17-18H,6-9H2,1-2H3/t11-,13-,15-,17-/m1/s1. The first-order chi connectivity index (χ1) is 10.4. The second-order valence-electron chi connectivity index (χ2n) is 6.83. The van der Waals surface area contributed by atoms with Crippen LogP contribution in [-0.4, -0.2) is 20.2 Å². The normalized spacial score (nSPS) is 28.7. The molecule has 0 heterocycles. The van der Waals surface area contributed by atoms with E-state index < -0.39 is 10.0 Å². The molecular formula is C17H23NO3S. The van der Waals surface area contributed by atoms with Crippen molar-refractivity contribution >= 4 is 15.8 Å². The minimum atomic E-state index is -3.57. The van der Waals surface area contributed by atoms with E-state index in [1.807, 2.05) is 6.92 Å². The molecule has 1 aromatic carbocycles. The molecule has 2 aliphatic carbocycles. The zero-order chi connectivity index (χ0) is 15.9. The van der Waals surface area contributed by atoms with Crippen LogP contribution in [0.5, 0.6) is 0 Å². The molecule has 3 rings (SSSR count). The Morgan fingerprint density at radius 3 is 2.64 bits per heavy atom. The predicted octanol–water partition coefficient (Wildman–Crippen LogP) is 2.99. The lowest BCUT2D eigenvalue weighted by Gasteiger charge is -2.28. The van der Waals surface area contributed by atoms with Gasteiger partial charge in [-0.15, -0.1) is 0 Å². The zero-order valence-electron chi connectivity index (χ0n) is 13.1. The second kappa shape index (κ2) is 5.78.